The standard InChI is InChI=1S/C22H36BN3O5/c1-15-13-16(9-10-17(15)23-30-20(5,6)21(7,8)31-23)26-12-11-22(14-26,25-24-18(27)28)29-19(2,3)4/h9-10,13,24-25H,11-12,14H2,1-8H3,(H,27,28)/t22-/m0/s1. The first-order chi connectivity index (χ1) is 14.1. The van der Waals surface area contributed by atoms with E-state index in [2.05, 4.69) is 40.9 Å². The van der Waals surface area contributed by atoms with Crippen LogP contribution in [0.5, 0.6) is 0 Å². The second-order valence-corrected chi connectivity index (χ2v) is 10.6. The van der Waals surface area contributed by atoms with Crippen LogP contribution in [0.4, 0.5) is 10.5 Å². The normalized spacial score (nSPS) is 25.2. The SMILES string of the molecule is Cc1cc(N2CC[C@](NNC(=O)O)(OC(C)(C)C)C2)ccc1B1OC(C)(C)C(C)(C)O1. The minimum atomic E-state index is -1.14. The van der Waals surface area contributed by atoms with Gasteiger partial charge in [-0.2, -0.15) is 5.43 Å². The number of carbonyl (C=O) groups is 1. The van der Waals surface area contributed by atoms with Gasteiger partial charge in [-0.05, 0) is 78.5 Å². The number of benzene rings is 1. The second kappa shape index (κ2) is 7.96. The van der Waals surface area contributed by atoms with Gasteiger partial charge in [0.1, 0.15) is 0 Å². The Morgan fingerprint density at radius 1 is 1.19 bits per heavy atom. The fourth-order valence-electron chi connectivity index (χ4n) is 4.06. The number of amides is 1. The van der Waals surface area contributed by atoms with Crippen molar-refractivity contribution >= 4 is 24.4 Å². The third kappa shape index (κ3) is 5.17. The maximum absolute atomic E-state index is 11.0. The Bertz CT molecular complexity index is 823. The van der Waals surface area contributed by atoms with Gasteiger partial charge < -0.3 is 24.1 Å². The quantitative estimate of drug-likeness (QED) is 0.374. The summed E-state index contributed by atoms with van der Waals surface area (Å²) in [6, 6.07) is 6.24. The van der Waals surface area contributed by atoms with Crippen molar-refractivity contribution in [1.29, 1.82) is 0 Å². The van der Waals surface area contributed by atoms with Gasteiger partial charge in [0.15, 0.2) is 5.72 Å². The smallest absolute Gasteiger partial charge is 0.464 e. The van der Waals surface area contributed by atoms with Gasteiger partial charge in [0.05, 0.1) is 23.3 Å². The lowest BCUT2D eigenvalue weighted by atomic mass is 9.76. The van der Waals surface area contributed by atoms with Crippen molar-refractivity contribution in [2.45, 2.75) is 84.3 Å². The molecule has 0 aromatic heterocycles. The van der Waals surface area contributed by atoms with Crippen molar-refractivity contribution < 1.29 is 23.9 Å². The van der Waals surface area contributed by atoms with E-state index in [-0.39, 0.29) is 11.2 Å². The van der Waals surface area contributed by atoms with E-state index in [1.54, 1.807) is 0 Å². The molecule has 3 N–H and O–H groups in total. The van der Waals surface area contributed by atoms with E-state index < -0.39 is 24.5 Å². The van der Waals surface area contributed by atoms with E-state index in [1.165, 1.54) is 0 Å². The molecule has 1 atom stereocenters. The van der Waals surface area contributed by atoms with Crippen molar-refractivity contribution in [3.63, 3.8) is 0 Å². The molecule has 0 aliphatic carbocycles. The van der Waals surface area contributed by atoms with Gasteiger partial charge in [0.2, 0.25) is 0 Å². The molecule has 0 unspecified atom stereocenters. The highest BCUT2D eigenvalue weighted by atomic mass is 16.7. The van der Waals surface area contributed by atoms with Crippen LogP contribution >= 0.6 is 0 Å². The molecule has 31 heavy (non-hydrogen) atoms. The molecule has 2 saturated heterocycles. The number of hydrogen-bond acceptors (Lipinski definition) is 6. The lowest BCUT2D eigenvalue weighted by molar-refractivity contribution is -0.143. The average molecular weight is 433 g/mol. The topological polar surface area (TPSA) is 92.3 Å². The summed E-state index contributed by atoms with van der Waals surface area (Å²) in [7, 11) is -0.401. The summed E-state index contributed by atoms with van der Waals surface area (Å²) in [5.41, 5.74) is 6.31. The molecule has 3 rings (SSSR count). The van der Waals surface area contributed by atoms with Gasteiger partial charge in [-0.1, -0.05) is 6.07 Å². The predicted octanol–water partition coefficient (Wildman–Crippen LogP) is 2.79. The number of nitrogens with zero attached hydrogens (tertiary/aromatic N) is 1. The fraction of sp³-hybridized carbons (Fsp3) is 0.682. The molecule has 2 aliphatic heterocycles. The van der Waals surface area contributed by atoms with Gasteiger partial charge in [-0.25, -0.2) is 4.79 Å². The van der Waals surface area contributed by atoms with Crippen molar-refractivity contribution in [1.82, 2.24) is 10.9 Å². The van der Waals surface area contributed by atoms with Crippen molar-refractivity contribution in [3.05, 3.63) is 23.8 Å². The summed E-state index contributed by atoms with van der Waals surface area (Å²) < 4.78 is 18.7. The molecule has 1 aromatic rings. The number of hydrogen-bond donors (Lipinski definition) is 3. The van der Waals surface area contributed by atoms with E-state index >= 15 is 0 Å². The summed E-state index contributed by atoms with van der Waals surface area (Å²) in [5, 5.41) is 9.05. The molecule has 9 heteroatoms. The van der Waals surface area contributed by atoms with Crippen LogP contribution in [-0.4, -0.2) is 53.9 Å². The highest BCUT2D eigenvalue weighted by molar-refractivity contribution is 6.62. The minimum absolute atomic E-state index is 0.384. The number of ether oxygens (including phenoxy) is 1. The lowest BCUT2D eigenvalue weighted by Crippen LogP contribution is -2.59. The maximum Gasteiger partial charge on any atom is 0.495 e. The minimum Gasteiger partial charge on any atom is -0.464 e. The van der Waals surface area contributed by atoms with E-state index in [9.17, 15) is 4.79 Å². The Balaban J connectivity index is 1.78. The molecule has 1 aromatic carbocycles. The zero-order valence-electron chi connectivity index (χ0n) is 20.0. The molecular formula is C22H36BN3O5. The summed E-state index contributed by atoms with van der Waals surface area (Å²) in [6.07, 6.45) is -0.499. The van der Waals surface area contributed by atoms with Crippen LogP contribution in [0.1, 0.15) is 60.5 Å². The summed E-state index contributed by atoms with van der Waals surface area (Å²) >= 11 is 0. The van der Waals surface area contributed by atoms with Crippen LogP contribution in [0.25, 0.3) is 0 Å². The average Bonchev–Trinajstić information content (AvgIpc) is 3.10. The third-order valence-corrected chi connectivity index (χ3v) is 6.26. The molecule has 2 fully saturated rings. The van der Waals surface area contributed by atoms with E-state index in [0.717, 1.165) is 23.3 Å². The van der Waals surface area contributed by atoms with Crippen LogP contribution in [0.15, 0.2) is 18.2 Å². The van der Waals surface area contributed by atoms with Crippen LogP contribution in [0.3, 0.4) is 0 Å². The van der Waals surface area contributed by atoms with Crippen molar-refractivity contribution in [3.8, 4) is 0 Å². The van der Waals surface area contributed by atoms with Crippen LogP contribution < -0.4 is 21.2 Å². The first-order valence-corrected chi connectivity index (χ1v) is 10.8. The number of anilines is 1. The van der Waals surface area contributed by atoms with Crippen molar-refractivity contribution in [2.24, 2.45) is 0 Å². The monoisotopic (exact) mass is 433 g/mol. The molecule has 0 bridgehead atoms. The highest BCUT2D eigenvalue weighted by Crippen LogP contribution is 2.37. The van der Waals surface area contributed by atoms with E-state index in [0.29, 0.717) is 13.0 Å². The molecule has 2 heterocycles. The fourth-order valence-corrected chi connectivity index (χ4v) is 4.06. The molecule has 0 spiro atoms. The predicted molar refractivity (Wildman–Crippen MR) is 122 cm³/mol. The van der Waals surface area contributed by atoms with Gasteiger partial charge in [-0.15, -0.1) is 0 Å². The number of aryl methyl sites for hydroxylation is 1. The first kappa shape index (κ1) is 23.8. The Labute approximate surface area is 185 Å². The Kier molecular flexibility index (Phi) is 6.12. The maximum atomic E-state index is 11.0. The van der Waals surface area contributed by atoms with Gasteiger partial charge in [0, 0.05) is 18.7 Å². The molecule has 1 amide bonds. The van der Waals surface area contributed by atoms with E-state index in [1.807, 2.05) is 48.5 Å². The summed E-state index contributed by atoms with van der Waals surface area (Å²) in [6.45, 7) is 17.4. The zero-order valence-corrected chi connectivity index (χ0v) is 20.0. The Hall–Kier alpha value is -1.81. The number of hydrazine groups is 1. The Morgan fingerprint density at radius 3 is 2.32 bits per heavy atom. The molecule has 172 valence electrons. The zero-order chi connectivity index (χ0) is 23.2. The van der Waals surface area contributed by atoms with Crippen LogP contribution in [0, 0.1) is 6.92 Å². The molecule has 2 aliphatic rings. The van der Waals surface area contributed by atoms with Crippen molar-refractivity contribution in [2.75, 3.05) is 18.0 Å². The summed E-state index contributed by atoms with van der Waals surface area (Å²) in [5.74, 6) is 0. The lowest BCUT2D eigenvalue weighted by Gasteiger charge is -2.37. The van der Waals surface area contributed by atoms with Gasteiger partial charge in [-0.3, -0.25) is 5.43 Å². The number of rotatable bonds is 5. The molecule has 8 nitrogen and oxygen atoms in total. The number of nitrogens with one attached hydrogen (secondary N) is 2. The molecular weight excluding hydrogens is 397 g/mol. The number of carboxylic acid groups (broad SMARTS) is 1. The van der Waals surface area contributed by atoms with Gasteiger partial charge in [0.25, 0.3) is 0 Å². The molecule has 0 radical (unpaired) electrons. The largest absolute Gasteiger partial charge is 0.495 e. The van der Waals surface area contributed by atoms with Crippen LogP contribution in [0.2, 0.25) is 0 Å². The second-order valence-electron chi connectivity index (χ2n) is 10.6. The third-order valence-electron chi connectivity index (χ3n) is 6.26. The van der Waals surface area contributed by atoms with Crippen LogP contribution in [-0.2, 0) is 14.0 Å². The summed E-state index contributed by atoms with van der Waals surface area (Å²) in [4.78, 5) is 13.2. The first-order valence-electron chi connectivity index (χ1n) is 10.8. The Morgan fingerprint density at radius 2 is 1.81 bits per heavy atom. The van der Waals surface area contributed by atoms with E-state index in [4.69, 9.17) is 19.2 Å². The van der Waals surface area contributed by atoms with Gasteiger partial charge >= 0.3 is 13.2 Å². The highest BCUT2D eigenvalue weighted by Gasteiger charge is 2.52. The molecule has 0 saturated carbocycles.